The van der Waals surface area contributed by atoms with Crippen molar-refractivity contribution in [3.8, 4) is 40.1 Å². The molecule has 0 aliphatic carbocycles. The third-order valence-corrected chi connectivity index (χ3v) is 3.54. The Hall–Kier alpha value is -3.35. The van der Waals surface area contributed by atoms with Crippen LogP contribution in [0.15, 0.2) is 39.5 Å². The maximum Gasteiger partial charge on any atom is 0.203 e. The SMILES string of the molecule is COc1cc(-c2cc(=O)c3c(O)cc(O)cc3o2)cc(O)c1OC. The minimum absolute atomic E-state index is 0.0178. The fraction of sp³-hybridized carbons (Fsp3) is 0.118. The van der Waals surface area contributed by atoms with Crippen molar-refractivity contribution < 1.29 is 29.2 Å². The maximum atomic E-state index is 12.2. The predicted octanol–water partition coefficient (Wildman–Crippen LogP) is 2.59. The Morgan fingerprint density at radius 2 is 1.67 bits per heavy atom. The molecule has 0 spiro atoms. The molecule has 0 unspecified atom stereocenters. The number of phenols is 3. The molecular formula is C17H14O7. The van der Waals surface area contributed by atoms with Gasteiger partial charge in [-0.1, -0.05) is 0 Å². The van der Waals surface area contributed by atoms with Crippen LogP contribution in [0.25, 0.3) is 22.3 Å². The summed E-state index contributed by atoms with van der Waals surface area (Å²) in [4.78, 5) is 12.2. The van der Waals surface area contributed by atoms with Crippen LogP contribution in [0.2, 0.25) is 0 Å². The molecule has 7 nitrogen and oxygen atoms in total. The molecule has 7 heteroatoms. The Bertz CT molecular complexity index is 988. The van der Waals surface area contributed by atoms with Crippen LogP contribution >= 0.6 is 0 Å². The number of fused-ring (bicyclic) bond motifs is 1. The Kier molecular flexibility index (Phi) is 3.69. The van der Waals surface area contributed by atoms with Crippen molar-refractivity contribution >= 4 is 11.0 Å². The molecule has 0 aliphatic rings. The second kappa shape index (κ2) is 5.69. The molecule has 3 aromatic rings. The summed E-state index contributed by atoms with van der Waals surface area (Å²) in [6.45, 7) is 0. The first-order valence-corrected chi connectivity index (χ1v) is 6.89. The molecule has 3 N–H and O–H groups in total. The minimum atomic E-state index is -0.488. The number of benzene rings is 2. The smallest absolute Gasteiger partial charge is 0.203 e. The average molecular weight is 330 g/mol. The van der Waals surface area contributed by atoms with Gasteiger partial charge in [0.05, 0.1) is 14.2 Å². The van der Waals surface area contributed by atoms with Gasteiger partial charge in [0.2, 0.25) is 5.75 Å². The Labute approximate surface area is 135 Å². The van der Waals surface area contributed by atoms with Gasteiger partial charge in [0.15, 0.2) is 16.9 Å². The fourth-order valence-electron chi connectivity index (χ4n) is 2.48. The van der Waals surface area contributed by atoms with Crippen LogP contribution in [0.4, 0.5) is 0 Å². The molecule has 2 aromatic carbocycles. The molecule has 0 bridgehead atoms. The summed E-state index contributed by atoms with van der Waals surface area (Å²) in [7, 11) is 2.80. The van der Waals surface area contributed by atoms with Gasteiger partial charge in [-0.2, -0.15) is 0 Å². The number of rotatable bonds is 3. The number of hydrogen-bond donors (Lipinski definition) is 3. The molecular weight excluding hydrogens is 316 g/mol. The van der Waals surface area contributed by atoms with E-state index in [0.29, 0.717) is 5.56 Å². The van der Waals surface area contributed by atoms with E-state index in [1.165, 1.54) is 38.5 Å². The van der Waals surface area contributed by atoms with E-state index < -0.39 is 5.43 Å². The van der Waals surface area contributed by atoms with E-state index in [9.17, 15) is 20.1 Å². The van der Waals surface area contributed by atoms with Crippen molar-refractivity contribution in [2.75, 3.05) is 14.2 Å². The minimum Gasteiger partial charge on any atom is -0.508 e. The maximum absolute atomic E-state index is 12.2. The zero-order chi connectivity index (χ0) is 17.4. The molecule has 24 heavy (non-hydrogen) atoms. The number of aromatic hydroxyl groups is 3. The first-order valence-electron chi connectivity index (χ1n) is 6.89. The van der Waals surface area contributed by atoms with Crippen LogP contribution < -0.4 is 14.9 Å². The third-order valence-electron chi connectivity index (χ3n) is 3.54. The summed E-state index contributed by atoms with van der Waals surface area (Å²) in [6, 6.07) is 6.35. The summed E-state index contributed by atoms with van der Waals surface area (Å²) in [5, 5.41) is 29.3. The van der Waals surface area contributed by atoms with Gasteiger partial charge in [0, 0.05) is 23.8 Å². The lowest BCUT2D eigenvalue weighted by Gasteiger charge is -2.11. The summed E-state index contributed by atoms with van der Waals surface area (Å²) >= 11 is 0. The van der Waals surface area contributed by atoms with Crippen molar-refractivity contribution in [3.63, 3.8) is 0 Å². The van der Waals surface area contributed by atoms with Crippen molar-refractivity contribution in [1.29, 1.82) is 0 Å². The Morgan fingerprint density at radius 1 is 0.917 bits per heavy atom. The molecule has 1 aromatic heterocycles. The Balaban J connectivity index is 2.27. The average Bonchev–Trinajstić information content (AvgIpc) is 2.52. The summed E-state index contributed by atoms with van der Waals surface area (Å²) in [5.74, 6) is -0.258. The molecule has 124 valence electrons. The first kappa shape index (κ1) is 15.5. The highest BCUT2D eigenvalue weighted by atomic mass is 16.5. The third kappa shape index (κ3) is 2.45. The monoisotopic (exact) mass is 330 g/mol. The van der Waals surface area contributed by atoms with E-state index >= 15 is 0 Å². The molecule has 0 radical (unpaired) electrons. The molecule has 0 saturated heterocycles. The van der Waals surface area contributed by atoms with Crippen LogP contribution in [-0.4, -0.2) is 29.5 Å². The zero-order valence-electron chi connectivity index (χ0n) is 12.9. The van der Waals surface area contributed by atoms with Crippen LogP contribution in [-0.2, 0) is 0 Å². The van der Waals surface area contributed by atoms with Gasteiger partial charge < -0.3 is 29.2 Å². The molecule has 0 fully saturated rings. The summed E-state index contributed by atoms with van der Waals surface area (Å²) in [5.41, 5.74) is -0.103. The highest BCUT2D eigenvalue weighted by Gasteiger charge is 2.16. The number of methoxy groups -OCH3 is 2. The highest BCUT2D eigenvalue weighted by molar-refractivity contribution is 5.86. The Morgan fingerprint density at radius 3 is 2.33 bits per heavy atom. The van der Waals surface area contributed by atoms with Gasteiger partial charge in [0.1, 0.15) is 28.2 Å². The number of ether oxygens (including phenoxy) is 2. The normalized spacial score (nSPS) is 10.8. The largest absolute Gasteiger partial charge is 0.508 e. The lowest BCUT2D eigenvalue weighted by molar-refractivity contribution is 0.333. The van der Waals surface area contributed by atoms with Gasteiger partial charge >= 0.3 is 0 Å². The van der Waals surface area contributed by atoms with E-state index in [1.807, 2.05) is 0 Å². The molecule has 0 aliphatic heterocycles. The van der Waals surface area contributed by atoms with Crippen molar-refractivity contribution in [3.05, 3.63) is 40.6 Å². The van der Waals surface area contributed by atoms with Crippen LogP contribution in [0.1, 0.15) is 0 Å². The number of phenolic OH excluding ortho intramolecular Hbond substituents is 3. The zero-order valence-corrected chi connectivity index (χ0v) is 12.9. The molecule has 1 heterocycles. The first-order chi connectivity index (χ1) is 11.4. The predicted molar refractivity (Wildman–Crippen MR) is 86.0 cm³/mol. The summed E-state index contributed by atoms with van der Waals surface area (Å²) in [6.07, 6.45) is 0. The van der Waals surface area contributed by atoms with E-state index in [4.69, 9.17) is 13.9 Å². The molecule has 0 atom stereocenters. The van der Waals surface area contributed by atoms with E-state index in [1.54, 1.807) is 0 Å². The van der Waals surface area contributed by atoms with Crippen molar-refractivity contribution in [2.24, 2.45) is 0 Å². The van der Waals surface area contributed by atoms with Crippen LogP contribution in [0, 0.1) is 0 Å². The van der Waals surface area contributed by atoms with Crippen LogP contribution in [0.5, 0.6) is 28.7 Å². The van der Waals surface area contributed by atoms with E-state index in [2.05, 4.69) is 0 Å². The standard InChI is InChI=1S/C17H14O7/c1-22-15-4-8(3-12(21)17(15)23-2)13-7-11(20)16-10(19)5-9(18)6-14(16)24-13/h3-7,18-19,21H,1-2H3. The van der Waals surface area contributed by atoms with E-state index in [0.717, 1.165) is 6.07 Å². The van der Waals surface area contributed by atoms with Crippen molar-refractivity contribution in [1.82, 2.24) is 0 Å². The van der Waals surface area contributed by atoms with Crippen molar-refractivity contribution in [2.45, 2.75) is 0 Å². The van der Waals surface area contributed by atoms with Crippen LogP contribution in [0.3, 0.4) is 0 Å². The van der Waals surface area contributed by atoms with E-state index in [-0.39, 0.29) is 45.5 Å². The highest BCUT2D eigenvalue weighted by Crippen LogP contribution is 2.41. The fourth-order valence-corrected chi connectivity index (χ4v) is 2.48. The molecule has 3 rings (SSSR count). The van der Waals surface area contributed by atoms with Gasteiger partial charge in [0.25, 0.3) is 0 Å². The van der Waals surface area contributed by atoms with Gasteiger partial charge in [-0.15, -0.1) is 0 Å². The summed E-state index contributed by atoms with van der Waals surface area (Å²) < 4.78 is 15.8. The van der Waals surface area contributed by atoms with Gasteiger partial charge in [-0.05, 0) is 12.1 Å². The topological polar surface area (TPSA) is 109 Å². The molecule has 0 saturated carbocycles. The number of hydrogen-bond acceptors (Lipinski definition) is 7. The molecule has 0 amide bonds. The second-order valence-electron chi connectivity index (χ2n) is 5.04. The lowest BCUT2D eigenvalue weighted by atomic mass is 10.1. The lowest BCUT2D eigenvalue weighted by Crippen LogP contribution is -2.01. The second-order valence-corrected chi connectivity index (χ2v) is 5.04. The van der Waals surface area contributed by atoms with Gasteiger partial charge in [-0.25, -0.2) is 0 Å². The van der Waals surface area contributed by atoms with Gasteiger partial charge in [-0.3, -0.25) is 4.79 Å². The quantitative estimate of drug-likeness (QED) is 0.677.